The Balaban J connectivity index is 2.32. The molecule has 0 radical (unpaired) electrons. The highest BCUT2D eigenvalue weighted by atomic mass is 35.5. The first-order chi connectivity index (χ1) is 9.28. The predicted molar refractivity (Wildman–Crippen MR) is 82.7 cm³/mol. The van der Waals surface area contributed by atoms with Crippen molar-refractivity contribution in [3.63, 3.8) is 0 Å². The quantitative estimate of drug-likeness (QED) is 0.722. The zero-order valence-electron chi connectivity index (χ0n) is 11.2. The molecule has 3 nitrogen and oxygen atoms in total. The Labute approximate surface area is 131 Å². The van der Waals surface area contributed by atoms with Gasteiger partial charge in [-0.15, -0.1) is 11.3 Å². The van der Waals surface area contributed by atoms with Crippen LogP contribution in [-0.4, -0.2) is 16.6 Å². The fourth-order valence-electron chi connectivity index (χ4n) is 1.51. The van der Waals surface area contributed by atoms with Gasteiger partial charge in [0.1, 0.15) is 10.6 Å². The molecular formula is C14H13Cl2NO2S. The lowest BCUT2D eigenvalue weighted by atomic mass is 10.2. The second kappa shape index (κ2) is 5.72. The minimum Gasteiger partial charge on any atom is -0.455 e. The summed E-state index contributed by atoms with van der Waals surface area (Å²) in [5.74, 6) is -0.455. The molecule has 1 aromatic carbocycles. The summed E-state index contributed by atoms with van der Waals surface area (Å²) in [6.45, 7) is 5.43. The second-order valence-corrected chi connectivity index (χ2v) is 6.81. The third-order valence-electron chi connectivity index (χ3n) is 2.29. The van der Waals surface area contributed by atoms with Gasteiger partial charge in [0.2, 0.25) is 0 Å². The van der Waals surface area contributed by atoms with Crippen molar-refractivity contribution < 1.29 is 9.53 Å². The Morgan fingerprint density at radius 1 is 1.25 bits per heavy atom. The van der Waals surface area contributed by atoms with Crippen molar-refractivity contribution in [3.8, 4) is 10.6 Å². The Hall–Kier alpha value is -1.10. The molecule has 0 aliphatic heterocycles. The number of aromatic nitrogens is 1. The van der Waals surface area contributed by atoms with Gasteiger partial charge >= 0.3 is 5.97 Å². The molecule has 0 spiro atoms. The van der Waals surface area contributed by atoms with E-state index in [0.717, 1.165) is 0 Å². The SMILES string of the molecule is CC(C)(C)OC(=O)c1csc(-c2c(Cl)cccc2Cl)n1. The van der Waals surface area contributed by atoms with Gasteiger partial charge in [-0.2, -0.15) is 0 Å². The van der Waals surface area contributed by atoms with E-state index >= 15 is 0 Å². The molecule has 106 valence electrons. The number of thiazole rings is 1. The second-order valence-electron chi connectivity index (χ2n) is 5.14. The van der Waals surface area contributed by atoms with Gasteiger partial charge in [-0.1, -0.05) is 29.3 Å². The number of halogens is 2. The fraction of sp³-hybridized carbons (Fsp3) is 0.286. The van der Waals surface area contributed by atoms with Crippen molar-refractivity contribution in [1.82, 2.24) is 4.98 Å². The van der Waals surface area contributed by atoms with E-state index in [1.165, 1.54) is 11.3 Å². The summed E-state index contributed by atoms with van der Waals surface area (Å²) in [4.78, 5) is 16.2. The van der Waals surface area contributed by atoms with Gasteiger partial charge in [0.05, 0.1) is 10.0 Å². The summed E-state index contributed by atoms with van der Waals surface area (Å²) < 4.78 is 5.27. The van der Waals surface area contributed by atoms with E-state index in [2.05, 4.69) is 4.98 Å². The lowest BCUT2D eigenvalue weighted by Gasteiger charge is -2.18. The van der Waals surface area contributed by atoms with Crippen molar-refractivity contribution in [1.29, 1.82) is 0 Å². The molecule has 0 saturated carbocycles. The predicted octanol–water partition coefficient (Wildman–Crippen LogP) is 5.07. The Morgan fingerprint density at radius 3 is 2.40 bits per heavy atom. The van der Waals surface area contributed by atoms with Gasteiger partial charge in [0, 0.05) is 10.9 Å². The summed E-state index contributed by atoms with van der Waals surface area (Å²) in [6, 6.07) is 5.23. The first kappa shape index (κ1) is 15.3. The van der Waals surface area contributed by atoms with Crippen LogP contribution in [0, 0.1) is 0 Å². The van der Waals surface area contributed by atoms with Crippen LogP contribution in [0.4, 0.5) is 0 Å². The molecule has 0 atom stereocenters. The Bertz CT molecular complexity index is 627. The van der Waals surface area contributed by atoms with E-state index in [0.29, 0.717) is 20.6 Å². The topological polar surface area (TPSA) is 39.2 Å². The van der Waals surface area contributed by atoms with E-state index in [-0.39, 0.29) is 5.69 Å². The molecule has 0 saturated heterocycles. The monoisotopic (exact) mass is 329 g/mol. The van der Waals surface area contributed by atoms with Crippen molar-refractivity contribution in [2.75, 3.05) is 0 Å². The van der Waals surface area contributed by atoms with Crippen molar-refractivity contribution >= 4 is 40.5 Å². The number of carbonyl (C=O) groups excluding carboxylic acids is 1. The minimum absolute atomic E-state index is 0.260. The molecule has 6 heteroatoms. The van der Waals surface area contributed by atoms with E-state index in [4.69, 9.17) is 27.9 Å². The summed E-state index contributed by atoms with van der Waals surface area (Å²) in [5.41, 5.74) is 0.342. The molecular weight excluding hydrogens is 317 g/mol. The molecule has 1 heterocycles. The molecule has 20 heavy (non-hydrogen) atoms. The van der Waals surface area contributed by atoms with E-state index in [1.54, 1.807) is 23.6 Å². The molecule has 0 N–H and O–H groups in total. The lowest BCUT2D eigenvalue weighted by molar-refractivity contribution is 0.00638. The van der Waals surface area contributed by atoms with Gasteiger partial charge in [-0.25, -0.2) is 9.78 Å². The van der Waals surface area contributed by atoms with Gasteiger partial charge in [0.25, 0.3) is 0 Å². The number of hydrogen-bond donors (Lipinski definition) is 0. The van der Waals surface area contributed by atoms with Crippen LogP contribution in [0.1, 0.15) is 31.3 Å². The molecule has 0 aliphatic rings. The fourth-order valence-corrected chi connectivity index (χ4v) is 3.06. The van der Waals surface area contributed by atoms with E-state index in [1.807, 2.05) is 20.8 Å². The number of benzene rings is 1. The first-order valence-corrected chi connectivity index (χ1v) is 7.55. The zero-order chi connectivity index (χ0) is 14.9. The van der Waals surface area contributed by atoms with Gasteiger partial charge < -0.3 is 4.74 Å². The maximum absolute atomic E-state index is 11.9. The average molecular weight is 330 g/mol. The highest BCUT2D eigenvalue weighted by Gasteiger charge is 2.21. The number of nitrogens with zero attached hydrogens (tertiary/aromatic N) is 1. The molecule has 1 aromatic heterocycles. The van der Waals surface area contributed by atoms with Crippen molar-refractivity contribution in [2.45, 2.75) is 26.4 Å². The van der Waals surface area contributed by atoms with Crippen LogP contribution in [0.3, 0.4) is 0 Å². The van der Waals surface area contributed by atoms with Crippen LogP contribution >= 0.6 is 34.5 Å². The van der Waals surface area contributed by atoms with Crippen LogP contribution in [0.5, 0.6) is 0 Å². The number of esters is 1. The third kappa shape index (κ3) is 3.51. The number of carbonyl (C=O) groups is 1. The first-order valence-electron chi connectivity index (χ1n) is 5.91. The summed E-state index contributed by atoms with van der Waals surface area (Å²) in [5, 5.41) is 3.25. The van der Waals surface area contributed by atoms with Crippen LogP contribution in [0.15, 0.2) is 23.6 Å². The number of hydrogen-bond acceptors (Lipinski definition) is 4. The van der Waals surface area contributed by atoms with Crippen molar-refractivity contribution in [2.24, 2.45) is 0 Å². The standard InChI is InChI=1S/C14H13Cl2NO2S/c1-14(2,3)19-13(18)10-7-20-12(17-10)11-8(15)5-4-6-9(11)16/h4-7H,1-3H3. The van der Waals surface area contributed by atoms with Crippen LogP contribution in [0.2, 0.25) is 10.0 Å². The van der Waals surface area contributed by atoms with E-state index < -0.39 is 11.6 Å². The largest absolute Gasteiger partial charge is 0.455 e. The molecule has 0 bridgehead atoms. The molecule has 0 aliphatic carbocycles. The Morgan fingerprint density at radius 2 is 1.85 bits per heavy atom. The Kier molecular flexibility index (Phi) is 4.37. The molecule has 0 amide bonds. The molecule has 0 fully saturated rings. The van der Waals surface area contributed by atoms with Gasteiger partial charge in [-0.05, 0) is 32.9 Å². The third-order valence-corrected chi connectivity index (χ3v) is 3.78. The van der Waals surface area contributed by atoms with Crippen LogP contribution < -0.4 is 0 Å². The molecule has 2 aromatic rings. The zero-order valence-corrected chi connectivity index (χ0v) is 13.6. The average Bonchev–Trinajstić information content (AvgIpc) is 2.76. The highest BCUT2D eigenvalue weighted by molar-refractivity contribution is 7.13. The highest BCUT2D eigenvalue weighted by Crippen LogP contribution is 2.36. The summed E-state index contributed by atoms with van der Waals surface area (Å²) in [6.07, 6.45) is 0. The maximum Gasteiger partial charge on any atom is 0.358 e. The number of ether oxygens (including phenoxy) is 1. The molecule has 2 rings (SSSR count). The summed E-state index contributed by atoms with van der Waals surface area (Å²) >= 11 is 13.6. The van der Waals surface area contributed by atoms with Gasteiger partial charge in [-0.3, -0.25) is 0 Å². The minimum atomic E-state index is -0.553. The summed E-state index contributed by atoms with van der Waals surface area (Å²) in [7, 11) is 0. The number of rotatable bonds is 2. The van der Waals surface area contributed by atoms with E-state index in [9.17, 15) is 4.79 Å². The maximum atomic E-state index is 11.9. The van der Waals surface area contributed by atoms with Crippen LogP contribution in [-0.2, 0) is 4.74 Å². The lowest BCUT2D eigenvalue weighted by Crippen LogP contribution is -2.24. The van der Waals surface area contributed by atoms with Gasteiger partial charge in [0.15, 0.2) is 5.69 Å². The smallest absolute Gasteiger partial charge is 0.358 e. The normalized spacial score (nSPS) is 11.4. The van der Waals surface area contributed by atoms with Crippen molar-refractivity contribution in [3.05, 3.63) is 39.3 Å². The van der Waals surface area contributed by atoms with Crippen LogP contribution in [0.25, 0.3) is 10.6 Å². The molecule has 0 unspecified atom stereocenters.